The van der Waals surface area contributed by atoms with Crippen LogP contribution in [0.15, 0.2) is 36.7 Å². The van der Waals surface area contributed by atoms with Gasteiger partial charge in [-0.1, -0.05) is 30.3 Å². The SMILES string of the molecule is O=C1CCCN1CCCn1cnc(-c2ccccc2)c1[C@@H]1CCOC1. The third-order valence-corrected chi connectivity index (χ3v) is 5.24. The van der Waals surface area contributed by atoms with Crippen molar-refractivity contribution in [3.63, 3.8) is 0 Å². The highest BCUT2D eigenvalue weighted by Gasteiger charge is 2.26. The van der Waals surface area contributed by atoms with Crippen LogP contribution in [0.2, 0.25) is 0 Å². The number of amides is 1. The van der Waals surface area contributed by atoms with Crippen LogP contribution in [0.4, 0.5) is 0 Å². The summed E-state index contributed by atoms with van der Waals surface area (Å²) >= 11 is 0. The van der Waals surface area contributed by atoms with Gasteiger partial charge >= 0.3 is 0 Å². The zero-order valence-corrected chi connectivity index (χ0v) is 14.6. The molecule has 5 nitrogen and oxygen atoms in total. The minimum absolute atomic E-state index is 0.306. The molecule has 2 fully saturated rings. The van der Waals surface area contributed by atoms with E-state index in [0.29, 0.717) is 18.2 Å². The summed E-state index contributed by atoms with van der Waals surface area (Å²) in [5.41, 5.74) is 3.53. The van der Waals surface area contributed by atoms with Crippen molar-refractivity contribution in [2.45, 2.75) is 38.1 Å². The van der Waals surface area contributed by atoms with Gasteiger partial charge in [0.1, 0.15) is 0 Å². The van der Waals surface area contributed by atoms with Crippen LogP contribution in [-0.2, 0) is 16.1 Å². The fourth-order valence-corrected chi connectivity index (χ4v) is 3.94. The first kappa shape index (κ1) is 16.3. The van der Waals surface area contributed by atoms with Crippen molar-refractivity contribution in [1.82, 2.24) is 14.5 Å². The van der Waals surface area contributed by atoms with E-state index in [4.69, 9.17) is 9.72 Å². The number of aryl methyl sites for hydroxylation is 1. The van der Waals surface area contributed by atoms with Crippen molar-refractivity contribution in [2.24, 2.45) is 0 Å². The van der Waals surface area contributed by atoms with Gasteiger partial charge in [-0.3, -0.25) is 4.79 Å². The Morgan fingerprint density at radius 3 is 2.80 bits per heavy atom. The fraction of sp³-hybridized carbons (Fsp3) is 0.500. The first-order valence-electron chi connectivity index (χ1n) is 9.29. The van der Waals surface area contributed by atoms with Gasteiger partial charge in [0.15, 0.2) is 0 Å². The molecule has 25 heavy (non-hydrogen) atoms. The van der Waals surface area contributed by atoms with Crippen LogP contribution >= 0.6 is 0 Å². The van der Waals surface area contributed by atoms with E-state index in [1.54, 1.807) is 0 Å². The maximum absolute atomic E-state index is 11.8. The molecule has 2 aliphatic rings. The zero-order chi connectivity index (χ0) is 17.1. The average molecular weight is 339 g/mol. The van der Waals surface area contributed by atoms with Gasteiger partial charge in [-0.2, -0.15) is 0 Å². The Kier molecular flexibility index (Phi) is 4.83. The molecule has 0 aliphatic carbocycles. The number of hydrogen-bond acceptors (Lipinski definition) is 3. The largest absolute Gasteiger partial charge is 0.381 e. The molecule has 1 atom stereocenters. The molecule has 2 saturated heterocycles. The van der Waals surface area contributed by atoms with E-state index in [0.717, 1.165) is 63.4 Å². The van der Waals surface area contributed by atoms with Crippen molar-refractivity contribution >= 4 is 5.91 Å². The van der Waals surface area contributed by atoms with Crippen LogP contribution in [0.5, 0.6) is 0 Å². The van der Waals surface area contributed by atoms with Crippen LogP contribution in [0.3, 0.4) is 0 Å². The van der Waals surface area contributed by atoms with E-state index < -0.39 is 0 Å². The molecule has 1 aromatic heterocycles. The van der Waals surface area contributed by atoms with Crippen LogP contribution in [0.1, 0.15) is 37.3 Å². The van der Waals surface area contributed by atoms with Crippen LogP contribution in [0.25, 0.3) is 11.3 Å². The van der Waals surface area contributed by atoms with Gasteiger partial charge in [0.25, 0.3) is 0 Å². The summed E-state index contributed by atoms with van der Waals surface area (Å²) < 4.78 is 7.91. The Bertz CT molecular complexity index is 720. The molecule has 3 heterocycles. The molecule has 0 spiro atoms. The van der Waals surface area contributed by atoms with E-state index in [-0.39, 0.29) is 0 Å². The predicted octanol–water partition coefficient (Wildman–Crippen LogP) is 3.07. The second kappa shape index (κ2) is 7.40. The van der Waals surface area contributed by atoms with E-state index in [9.17, 15) is 4.79 Å². The summed E-state index contributed by atoms with van der Waals surface area (Å²) in [4.78, 5) is 18.5. The average Bonchev–Trinajstić information content (AvgIpc) is 3.37. The molecular formula is C20H25N3O2. The lowest BCUT2D eigenvalue weighted by Crippen LogP contribution is -2.26. The van der Waals surface area contributed by atoms with E-state index in [1.165, 1.54) is 5.69 Å². The van der Waals surface area contributed by atoms with Gasteiger partial charge in [0, 0.05) is 44.1 Å². The van der Waals surface area contributed by atoms with Gasteiger partial charge < -0.3 is 14.2 Å². The topological polar surface area (TPSA) is 47.4 Å². The number of ether oxygens (including phenoxy) is 1. The zero-order valence-electron chi connectivity index (χ0n) is 14.6. The molecule has 2 aromatic rings. The van der Waals surface area contributed by atoms with Gasteiger partial charge in [-0.25, -0.2) is 4.98 Å². The number of nitrogens with zero attached hydrogens (tertiary/aromatic N) is 3. The fourth-order valence-electron chi connectivity index (χ4n) is 3.94. The number of likely N-dealkylation sites (tertiary alicyclic amines) is 1. The highest BCUT2D eigenvalue weighted by Crippen LogP contribution is 2.33. The summed E-state index contributed by atoms with van der Waals surface area (Å²) in [6, 6.07) is 10.4. The number of benzene rings is 1. The Labute approximate surface area is 148 Å². The lowest BCUT2D eigenvalue weighted by molar-refractivity contribution is -0.127. The Balaban J connectivity index is 1.52. The van der Waals surface area contributed by atoms with Gasteiger partial charge in [-0.15, -0.1) is 0 Å². The van der Waals surface area contributed by atoms with Crippen molar-refractivity contribution in [2.75, 3.05) is 26.3 Å². The summed E-state index contributed by atoms with van der Waals surface area (Å²) in [5, 5.41) is 0. The quantitative estimate of drug-likeness (QED) is 0.813. The summed E-state index contributed by atoms with van der Waals surface area (Å²) in [7, 11) is 0. The number of hydrogen-bond donors (Lipinski definition) is 0. The molecule has 0 unspecified atom stereocenters. The van der Waals surface area contributed by atoms with Crippen molar-refractivity contribution in [3.8, 4) is 11.3 Å². The Morgan fingerprint density at radius 2 is 2.08 bits per heavy atom. The van der Waals surface area contributed by atoms with Crippen LogP contribution in [-0.4, -0.2) is 46.7 Å². The molecular weight excluding hydrogens is 314 g/mol. The molecule has 1 amide bonds. The third kappa shape index (κ3) is 3.47. The molecule has 0 bridgehead atoms. The van der Waals surface area contributed by atoms with Crippen LogP contribution < -0.4 is 0 Å². The summed E-state index contributed by atoms with van der Waals surface area (Å²) in [6.45, 7) is 4.26. The van der Waals surface area contributed by atoms with Gasteiger partial charge in [0.2, 0.25) is 5.91 Å². The Morgan fingerprint density at radius 1 is 1.20 bits per heavy atom. The number of carbonyl (C=O) groups is 1. The smallest absolute Gasteiger partial charge is 0.222 e. The molecule has 132 valence electrons. The first-order valence-corrected chi connectivity index (χ1v) is 9.29. The number of aromatic nitrogens is 2. The molecule has 0 radical (unpaired) electrons. The van der Waals surface area contributed by atoms with E-state index in [1.807, 2.05) is 17.3 Å². The van der Waals surface area contributed by atoms with E-state index in [2.05, 4.69) is 28.8 Å². The third-order valence-electron chi connectivity index (χ3n) is 5.24. The number of carbonyl (C=O) groups excluding carboxylic acids is 1. The Hall–Kier alpha value is -2.14. The second-order valence-electron chi connectivity index (χ2n) is 6.94. The molecule has 5 heteroatoms. The van der Waals surface area contributed by atoms with Gasteiger partial charge in [0.05, 0.1) is 24.3 Å². The lowest BCUT2D eigenvalue weighted by atomic mass is 9.99. The van der Waals surface area contributed by atoms with Crippen molar-refractivity contribution in [3.05, 3.63) is 42.4 Å². The standard InChI is InChI=1S/C20H25N3O2/c24-18-8-4-10-22(18)11-5-12-23-15-21-19(16-6-2-1-3-7-16)20(23)17-9-13-25-14-17/h1-3,6-7,15,17H,4-5,8-14H2/t17-/m1/s1. The number of imidazole rings is 1. The summed E-state index contributed by atoms with van der Waals surface area (Å²) in [5.74, 6) is 0.714. The minimum Gasteiger partial charge on any atom is -0.381 e. The maximum Gasteiger partial charge on any atom is 0.222 e. The molecule has 0 N–H and O–H groups in total. The first-order chi connectivity index (χ1) is 12.3. The second-order valence-corrected chi connectivity index (χ2v) is 6.94. The lowest BCUT2D eigenvalue weighted by Gasteiger charge is -2.18. The predicted molar refractivity (Wildman–Crippen MR) is 96.3 cm³/mol. The molecule has 1 aromatic carbocycles. The van der Waals surface area contributed by atoms with Crippen molar-refractivity contribution in [1.29, 1.82) is 0 Å². The number of rotatable bonds is 6. The van der Waals surface area contributed by atoms with Crippen molar-refractivity contribution < 1.29 is 9.53 Å². The van der Waals surface area contributed by atoms with Crippen LogP contribution in [0, 0.1) is 0 Å². The monoisotopic (exact) mass is 339 g/mol. The molecule has 2 aliphatic heterocycles. The van der Waals surface area contributed by atoms with E-state index >= 15 is 0 Å². The molecule has 4 rings (SSSR count). The van der Waals surface area contributed by atoms with Gasteiger partial charge in [-0.05, 0) is 19.3 Å². The molecule has 0 saturated carbocycles. The maximum atomic E-state index is 11.8. The summed E-state index contributed by atoms with van der Waals surface area (Å²) in [6.07, 6.45) is 5.70. The normalized spacial score (nSPS) is 20.6. The highest BCUT2D eigenvalue weighted by atomic mass is 16.5. The highest BCUT2D eigenvalue weighted by molar-refractivity contribution is 5.78. The minimum atomic E-state index is 0.306.